The van der Waals surface area contributed by atoms with Gasteiger partial charge in [-0.3, -0.25) is 10.1 Å². The van der Waals surface area contributed by atoms with Crippen molar-refractivity contribution in [1.82, 2.24) is 5.32 Å². The Labute approximate surface area is 124 Å². The minimum absolute atomic E-state index is 0. The third-order valence-corrected chi connectivity index (χ3v) is 2.70. The second-order valence-electron chi connectivity index (χ2n) is 4.24. The van der Waals surface area contributed by atoms with E-state index in [2.05, 4.69) is 12.2 Å². The Morgan fingerprint density at radius 2 is 1.53 bits per heavy atom. The number of rotatable bonds is 10. The molecule has 0 aliphatic carbocycles. The molecule has 96 valence electrons. The number of hydrogen-bond donors (Lipinski definition) is 1. The van der Waals surface area contributed by atoms with Gasteiger partial charge in [-0.15, -0.1) is 0 Å². The molecule has 4 heteroatoms. The molecule has 0 aromatic carbocycles. The molecule has 0 aliphatic rings. The summed E-state index contributed by atoms with van der Waals surface area (Å²) in [6.07, 6.45) is 13.3. The Balaban J connectivity index is -0.000000375. The van der Waals surface area contributed by atoms with Crippen LogP contribution in [0.3, 0.4) is 0 Å². The van der Waals surface area contributed by atoms with Gasteiger partial charge in [-0.1, -0.05) is 58.3 Å². The van der Waals surface area contributed by atoms with Crippen molar-refractivity contribution < 1.29 is 7.65 Å². The van der Waals surface area contributed by atoms with Gasteiger partial charge in [0.1, 0.15) is 0 Å². The van der Waals surface area contributed by atoms with Gasteiger partial charge in [0.2, 0.25) is 5.91 Å². The Kier molecular flexibility index (Phi) is 17.6. The van der Waals surface area contributed by atoms with E-state index in [9.17, 15) is 4.79 Å². The molecule has 0 aliphatic heterocycles. The molecular weight excluding hydrogens is 224 g/mol. The fourth-order valence-corrected chi connectivity index (χ4v) is 1.72. The van der Waals surface area contributed by atoms with E-state index in [1.807, 2.05) is 0 Å². The van der Waals surface area contributed by atoms with E-state index in [1.54, 1.807) is 6.19 Å². The summed E-state index contributed by atoms with van der Waals surface area (Å²) >= 11 is 0. The number of nitriles is 1. The zero-order valence-corrected chi connectivity index (χ0v) is 12.5. The molecule has 0 rings (SSSR count). The average molecular weight is 251 g/mol. The van der Waals surface area contributed by atoms with Crippen molar-refractivity contribution in [3.05, 3.63) is 0 Å². The Morgan fingerprint density at radius 1 is 1.06 bits per heavy atom. The second kappa shape index (κ2) is 15.7. The van der Waals surface area contributed by atoms with Crippen LogP contribution in [-0.4, -0.2) is 29.0 Å². The number of nitrogens with zero attached hydrogens (tertiary/aromatic N) is 1. The molecule has 0 fully saturated rings. The SMILES string of the molecule is CCCCCCCCCCCC(=O)NC#N.[H-].[H-].[Mg+2]. The molecule has 0 bridgehead atoms. The van der Waals surface area contributed by atoms with Gasteiger partial charge in [-0.2, -0.15) is 5.26 Å². The van der Waals surface area contributed by atoms with Crippen LogP contribution in [0.15, 0.2) is 0 Å². The maximum atomic E-state index is 10.9. The molecular formula is C13H26MgN2O. The molecule has 0 aromatic rings. The predicted octanol–water partition coefficient (Wildman–Crippen LogP) is 3.35. The van der Waals surface area contributed by atoms with Crippen molar-refractivity contribution in [3.63, 3.8) is 0 Å². The van der Waals surface area contributed by atoms with E-state index in [4.69, 9.17) is 5.26 Å². The molecule has 0 aromatic heterocycles. The molecule has 0 radical (unpaired) electrons. The van der Waals surface area contributed by atoms with Crippen LogP contribution in [0.5, 0.6) is 0 Å². The Bertz CT molecular complexity index is 223. The number of carbonyl (C=O) groups is 1. The maximum Gasteiger partial charge on any atom is 2.00 e. The van der Waals surface area contributed by atoms with Crippen LogP contribution in [0.2, 0.25) is 0 Å². The first-order chi connectivity index (χ1) is 7.81. The minimum Gasteiger partial charge on any atom is -1.00 e. The number of unbranched alkanes of at least 4 members (excludes halogenated alkanes) is 8. The third kappa shape index (κ3) is 15.7. The Morgan fingerprint density at radius 3 is 2.00 bits per heavy atom. The molecule has 1 N–H and O–H groups in total. The van der Waals surface area contributed by atoms with Crippen molar-refractivity contribution in [1.29, 1.82) is 5.26 Å². The summed E-state index contributed by atoms with van der Waals surface area (Å²) in [4.78, 5) is 10.9. The summed E-state index contributed by atoms with van der Waals surface area (Å²) in [5.74, 6) is -0.148. The van der Waals surface area contributed by atoms with Crippen molar-refractivity contribution >= 4 is 29.0 Å². The molecule has 17 heavy (non-hydrogen) atoms. The number of carbonyl (C=O) groups excluding carboxylic acids is 1. The van der Waals surface area contributed by atoms with E-state index < -0.39 is 0 Å². The van der Waals surface area contributed by atoms with Crippen LogP contribution < -0.4 is 5.32 Å². The zero-order valence-electron chi connectivity index (χ0n) is 13.1. The average Bonchev–Trinajstić information content (AvgIpc) is 2.27. The van der Waals surface area contributed by atoms with Crippen LogP contribution in [0.1, 0.15) is 74.0 Å². The number of hydrogen-bond acceptors (Lipinski definition) is 2. The summed E-state index contributed by atoms with van der Waals surface area (Å²) in [5, 5.41) is 10.3. The van der Waals surface area contributed by atoms with E-state index >= 15 is 0 Å². The molecule has 0 unspecified atom stereocenters. The van der Waals surface area contributed by atoms with Gasteiger partial charge in [0.25, 0.3) is 0 Å². The van der Waals surface area contributed by atoms with Crippen molar-refractivity contribution in [2.45, 2.75) is 71.1 Å². The summed E-state index contributed by atoms with van der Waals surface area (Å²) in [6.45, 7) is 2.23. The summed E-state index contributed by atoms with van der Waals surface area (Å²) in [6, 6.07) is 0. The van der Waals surface area contributed by atoms with Crippen LogP contribution >= 0.6 is 0 Å². The van der Waals surface area contributed by atoms with E-state index in [1.165, 1.54) is 44.9 Å². The number of amides is 1. The summed E-state index contributed by atoms with van der Waals surface area (Å²) in [7, 11) is 0. The van der Waals surface area contributed by atoms with Crippen molar-refractivity contribution in [2.24, 2.45) is 0 Å². The van der Waals surface area contributed by atoms with Gasteiger partial charge >= 0.3 is 23.1 Å². The zero-order chi connectivity index (χ0) is 12.1. The van der Waals surface area contributed by atoms with Crippen molar-refractivity contribution in [3.8, 4) is 6.19 Å². The Hall–Kier alpha value is -0.274. The molecule has 0 spiro atoms. The fourth-order valence-electron chi connectivity index (χ4n) is 1.72. The second-order valence-corrected chi connectivity index (χ2v) is 4.24. The quantitative estimate of drug-likeness (QED) is 0.280. The van der Waals surface area contributed by atoms with Crippen LogP contribution in [0.25, 0.3) is 0 Å². The smallest absolute Gasteiger partial charge is 1.00 e. The minimum atomic E-state index is -0.148. The monoisotopic (exact) mass is 250 g/mol. The molecule has 0 saturated carbocycles. The first-order valence-electron chi connectivity index (χ1n) is 6.49. The van der Waals surface area contributed by atoms with Gasteiger partial charge in [0.15, 0.2) is 6.19 Å². The summed E-state index contributed by atoms with van der Waals surface area (Å²) in [5.41, 5.74) is 0. The molecule has 3 nitrogen and oxygen atoms in total. The fraction of sp³-hybridized carbons (Fsp3) is 0.846. The predicted molar refractivity (Wildman–Crippen MR) is 73.6 cm³/mol. The largest absolute Gasteiger partial charge is 2.00 e. The molecule has 0 atom stereocenters. The third-order valence-electron chi connectivity index (χ3n) is 2.70. The van der Waals surface area contributed by atoms with Gasteiger partial charge in [-0.05, 0) is 6.42 Å². The maximum absolute atomic E-state index is 10.9. The van der Waals surface area contributed by atoms with Gasteiger partial charge in [0.05, 0.1) is 0 Å². The normalized spacial score (nSPS) is 9.18. The van der Waals surface area contributed by atoms with E-state index in [0.717, 1.165) is 12.8 Å². The van der Waals surface area contributed by atoms with Crippen LogP contribution in [0.4, 0.5) is 0 Å². The first-order valence-corrected chi connectivity index (χ1v) is 6.49. The van der Waals surface area contributed by atoms with Crippen LogP contribution in [-0.2, 0) is 4.79 Å². The van der Waals surface area contributed by atoms with Gasteiger partial charge in [-0.25, -0.2) is 0 Å². The van der Waals surface area contributed by atoms with E-state index in [0.29, 0.717) is 6.42 Å². The topological polar surface area (TPSA) is 52.9 Å². The standard InChI is InChI=1S/C13H24N2O.Mg.2H/c1-2-3-4-5-6-7-8-9-10-11-13(16)15-12-14;;;/h2-11H2,1H3,(H,15,16);;;/q;+2;2*-1. The molecule has 0 saturated heterocycles. The van der Waals surface area contributed by atoms with Crippen molar-refractivity contribution in [2.75, 3.05) is 0 Å². The van der Waals surface area contributed by atoms with E-state index in [-0.39, 0.29) is 31.8 Å². The summed E-state index contributed by atoms with van der Waals surface area (Å²) < 4.78 is 0. The molecule has 1 amide bonds. The van der Waals surface area contributed by atoms with Gasteiger partial charge in [0, 0.05) is 6.42 Å². The van der Waals surface area contributed by atoms with Gasteiger partial charge < -0.3 is 2.85 Å². The first kappa shape index (κ1) is 19.1. The molecule has 0 heterocycles. The van der Waals surface area contributed by atoms with Crippen LogP contribution in [0, 0.1) is 11.5 Å². The number of nitrogens with one attached hydrogen (secondary N) is 1.